The standard InChI is InChI=1S/C14H21NO3/c1-9-5-10(2)13(11(3)6-9)14(17)15-12(7-16)8-18-4/h5-6,12,16H,7-8H2,1-4H3,(H,15,17). The van der Waals surface area contributed by atoms with E-state index in [0.717, 1.165) is 16.7 Å². The third-order valence-corrected chi connectivity index (χ3v) is 2.83. The van der Waals surface area contributed by atoms with Crippen LogP contribution in [0.15, 0.2) is 12.1 Å². The molecule has 0 aliphatic rings. The maximum absolute atomic E-state index is 12.2. The second-order valence-corrected chi connectivity index (χ2v) is 4.58. The zero-order valence-corrected chi connectivity index (χ0v) is 11.4. The first-order chi connectivity index (χ1) is 8.49. The van der Waals surface area contributed by atoms with Crippen LogP contribution in [0.3, 0.4) is 0 Å². The first kappa shape index (κ1) is 14.7. The lowest BCUT2D eigenvalue weighted by atomic mass is 9.99. The predicted molar refractivity (Wildman–Crippen MR) is 70.9 cm³/mol. The Hall–Kier alpha value is -1.39. The number of hydrogen-bond donors (Lipinski definition) is 2. The van der Waals surface area contributed by atoms with Crippen LogP contribution >= 0.6 is 0 Å². The van der Waals surface area contributed by atoms with Crippen molar-refractivity contribution >= 4 is 5.91 Å². The Morgan fingerprint density at radius 3 is 2.33 bits per heavy atom. The molecular formula is C14H21NO3. The van der Waals surface area contributed by atoms with Crippen LogP contribution in [0.2, 0.25) is 0 Å². The molecule has 0 aliphatic carbocycles. The van der Waals surface area contributed by atoms with E-state index >= 15 is 0 Å². The smallest absolute Gasteiger partial charge is 0.252 e. The molecule has 0 saturated carbocycles. The number of methoxy groups -OCH3 is 1. The summed E-state index contributed by atoms with van der Waals surface area (Å²) in [5.74, 6) is -0.166. The lowest BCUT2D eigenvalue weighted by Gasteiger charge is -2.17. The van der Waals surface area contributed by atoms with Gasteiger partial charge in [0.25, 0.3) is 5.91 Å². The molecule has 0 radical (unpaired) electrons. The summed E-state index contributed by atoms with van der Waals surface area (Å²) in [5.41, 5.74) is 3.70. The Labute approximate surface area is 108 Å². The van der Waals surface area contributed by atoms with Crippen LogP contribution in [-0.4, -0.2) is 37.4 Å². The molecule has 4 nitrogen and oxygen atoms in total. The zero-order valence-electron chi connectivity index (χ0n) is 11.4. The molecular weight excluding hydrogens is 230 g/mol. The van der Waals surface area contributed by atoms with Crippen LogP contribution in [0.25, 0.3) is 0 Å². The summed E-state index contributed by atoms with van der Waals surface area (Å²) in [6.07, 6.45) is 0. The van der Waals surface area contributed by atoms with Crippen molar-refractivity contribution in [3.05, 3.63) is 34.4 Å². The molecule has 1 amide bonds. The minimum atomic E-state index is -0.373. The van der Waals surface area contributed by atoms with Crippen LogP contribution in [0, 0.1) is 20.8 Å². The monoisotopic (exact) mass is 251 g/mol. The van der Waals surface area contributed by atoms with E-state index in [1.165, 1.54) is 7.11 Å². The SMILES string of the molecule is COCC(CO)NC(=O)c1c(C)cc(C)cc1C. The van der Waals surface area contributed by atoms with Gasteiger partial charge in [-0.1, -0.05) is 17.7 Å². The second-order valence-electron chi connectivity index (χ2n) is 4.58. The highest BCUT2D eigenvalue weighted by atomic mass is 16.5. The van der Waals surface area contributed by atoms with Crippen molar-refractivity contribution in [1.29, 1.82) is 0 Å². The fourth-order valence-corrected chi connectivity index (χ4v) is 2.14. The van der Waals surface area contributed by atoms with E-state index in [-0.39, 0.29) is 18.6 Å². The van der Waals surface area contributed by atoms with Gasteiger partial charge in [0.1, 0.15) is 0 Å². The van der Waals surface area contributed by atoms with E-state index in [0.29, 0.717) is 12.2 Å². The van der Waals surface area contributed by atoms with Gasteiger partial charge in [-0.05, 0) is 31.9 Å². The fourth-order valence-electron chi connectivity index (χ4n) is 2.14. The number of aryl methyl sites for hydroxylation is 3. The van der Waals surface area contributed by atoms with Crippen LogP contribution in [0.1, 0.15) is 27.0 Å². The number of aliphatic hydroxyl groups excluding tert-OH is 1. The summed E-state index contributed by atoms with van der Waals surface area (Å²) in [6.45, 7) is 6.00. The van der Waals surface area contributed by atoms with Gasteiger partial charge in [-0.15, -0.1) is 0 Å². The molecule has 1 aromatic rings. The molecule has 0 spiro atoms. The molecule has 0 heterocycles. The number of ether oxygens (including phenoxy) is 1. The number of carbonyl (C=O) groups is 1. The van der Waals surface area contributed by atoms with Gasteiger partial charge < -0.3 is 15.2 Å². The van der Waals surface area contributed by atoms with E-state index in [4.69, 9.17) is 9.84 Å². The summed E-state index contributed by atoms with van der Waals surface area (Å²) in [6, 6.07) is 3.58. The number of hydrogen-bond acceptors (Lipinski definition) is 3. The van der Waals surface area contributed by atoms with Crippen LogP contribution in [-0.2, 0) is 4.74 Å². The van der Waals surface area contributed by atoms with Crippen LogP contribution in [0.5, 0.6) is 0 Å². The third-order valence-electron chi connectivity index (χ3n) is 2.83. The van der Waals surface area contributed by atoms with Crippen LogP contribution in [0.4, 0.5) is 0 Å². The van der Waals surface area contributed by atoms with E-state index < -0.39 is 0 Å². The van der Waals surface area contributed by atoms with Crippen molar-refractivity contribution in [2.24, 2.45) is 0 Å². The molecule has 1 atom stereocenters. The summed E-state index contributed by atoms with van der Waals surface area (Å²) in [5, 5.41) is 11.9. The first-order valence-corrected chi connectivity index (χ1v) is 5.98. The van der Waals surface area contributed by atoms with Gasteiger partial charge in [0, 0.05) is 12.7 Å². The van der Waals surface area contributed by atoms with Gasteiger partial charge in [0.15, 0.2) is 0 Å². The summed E-state index contributed by atoms with van der Waals surface area (Å²) >= 11 is 0. The Balaban J connectivity index is 2.90. The minimum absolute atomic E-state index is 0.135. The first-order valence-electron chi connectivity index (χ1n) is 5.98. The van der Waals surface area contributed by atoms with E-state index in [2.05, 4.69) is 5.32 Å². The molecule has 1 aromatic carbocycles. The highest BCUT2D eigenvalue weighted by Crippen LogP contribution is 2.16. The normalized spacial score (nSPS) is 12.3. The average molecular weight is 251 g/mol. The summed E-state index contributed by atoms with van der Waals surface area (Å²) < 4.78 is 4.94. The van der Waals surface area contributed by atoms with Crippen molar-refractivity contribution in [2.75, 3.05) is 20.3 Å². The molecule has 4 heteroatoms. The minimum Gasteiger partial charge on any atom is -0.394 e. The third kappa shape index (κ3) is 3.55. The Morgan fingerprint density at radius 2 is 1.89 bits per heavy atom. The van der Waals surface area contributed by atoms with Gasteiger partial charge in [0.05, 0.1) is 19.3 Å². The number of benzene rings is 1. The maximum atomic E-state index is 12.2. The number of nitrogens with one attached hydrogen (secondary N) is 1. The highest BCUT2D eigenvalue weighted by molar-refractivity contribution is 5.97. The van der Waals surface area contributed by atoms with Gasteiger partial charge in [-0.3, -0.25) is 4.79 Å². The zero-order chi connectivity index (χ0) is 13.7. The molecule has 0 aliphatic heterocycles. The molecule has 0 aromatic heterocycles. The lowest BCUT2D eigenvalue weighted by molar-refractivity contribution is 0.0838. The Kier molecular flexibility index (Phi) is 5.31. The molecule has 100 valence electrons. The van der Waals surface area contributed by atoms with Gasteiger partial charge in [-0.2, -0.15) is 0 Å². The molecule has 2 N–H and O–H groups in total. The molecule has 0 saturated heterocycles. The average Bonchev–Trinajstić information content (AvgIpc) is 2.26. The molecule has 0 fully saturated rings. The van der Waals surface area contributed by atoms with Crippen molar-refractivity contribution in [3.63, 3.8) is 0 Å². The fraction of sp³-hybridized carbons (Fsp3) is 0.500. The summed E-state index contributed by atoms with van der Waals surface area (Å²) in [7, 11) is 1.54. The van der Waals surface area contributed by atoms with E-state index in [1.807, 2.05) is 32.9 Å². The van der Waals surface area contributed by atoms with Gasteiger partial charge in [0.2, 0.25) is 0 Å². The number of aliphatic hydroxyl groups is 1. The van der Waals surface area contributed by atoms with Crippen molar-refractivity contribution < 1.29 is 14.6 Å². The van der Waals surface area contributed by atoms with E-state index in [1.54, 1.807) is 0 Å². The van der Waals surface area contributed by atoms with Crippen molar-refractivity contribution in [2.45, 2.75) is 26.8 Å². The topological polar surface area (TPSA) is 58.6 Å². The van der Waals surface area contributed by atoms with Crippen LogP contribution < -0.4 is 5.32 Å². The van der Waals surface area contributed by atoms with Crippen molar-refractivity contribution in [3.8, 4) is 0 Å². The second kappa shape index (κ2) is 6.52. The van der Waals surface area contributed by atoms with Gasteiger partial charge in [-0.25, -0.2) is 0 Å². The Bertz CT molecular complexity index is 406. The largest absolute Gasteiger partial charge is 0.394 e. The predicted octanol–water partition coefficient (Wildman–Crippen LogP) is 1.35. The quantitative estimate of drug-likeness (QED) is 0.830. The molecule has 18 heavy (non-hydrogen) atoms. The maximum Gasteiger partial charge on any atom is 0.252 e. The van der Waals surface area contributed by atoms with Crippen molar-refractivity contribution in [1.82, 2.24) is 5.32 Å². The van der Waals surface area contributed by atoms with E-state index in [9.17, 15) is 4.79 Å². The number of rotatable bonds is 5. The number of amides is 1. The van der Waals surface area contributed by atoms with Gasteiger partial charge >= 0.3 is 0 Å². The molecule has 1 rings (SSSR count). The highest BCUT2D eigenvalue weighted by Gasteiger charge is 2.16. The lowest BCUT2D eigenvalue weighted by Crippen LogP contribution is -2.41. The molecule has 0 bridgehead atoms. The number of carbonyl (C=O) groups excluding carboxylic acids is 1. The summed E-state index contributed by atoms with van der Waals surface area (Å²) in [4.78, 5) is 12.2. The molecule has 1 unspecified atom stereocenters. The Morgan fingerprint density at radius 1 is 1.33 bits per heavy atom.